The van der Waals surface area contributed by atoms with Crippen LogP contribution in [0.5, 0.6) is 5.75 Å². The van der Waals surface area contributed by atoms with Crippen LogP contribution in [0.1, 0.15) is 47.0 Å². The second kappa shape index (κ2) is 7.68. The molecule has 1 aromatic heterocycles. The van der Waals surface area contributed by atoms with E-state index in [1.807, 2.05) is 32.0 Å². The number of carbonyl (C=O) groups excluding carboxylic acids is 1. The molecule has 1 saturated heterocycles. The minimum Gasteiger partial charge on any atom is -0.494 e. The average molecular weight is 362 g/mol. The SMILES string of the molecule is CCOc1ccc2nc(SC(C)C(=O)N3C(C)CCCC3C)[nH]c2c1. The van der Waals surface area contributed by atoms with Crippen molar-refractivity contribution in [1.82, 2.24) is 14.9 Å². The van der Waals surface area contributed by atoms with Crippen LogP contribution >= 0.6 is 11.8 Å². The number of aromatic nitrogens is 2. The van der Waals surface area contributed by atoms with Crippen LogP contribution < -0.4 is 4.74 Å². The van der Waals surface area contributed by atoms with Gasteiger partial charge in [-0.2, -0.15) is 0 Å². The molecule has 3 atom stereocenters. The topological polar surface area (TPSA) is 58.2 Å². The summed E-state index contributed by atoms with van der Waals surface area (Å²) in [4.78, 5) is 22.9. The van der Waals surface area contributed by atoms with Crippen molar-refractivity contribution in [2.75, 3.05) is 6.61 Å². The van der Waals surface area contributed by atoms with Gasteiger partial charge in [0.15, 0.2) is 5.16 Å². The maximum absolute atomic E-state index is 12.9. The van der Waals surface area contributed by atoms with Crippen molar-refractivity contribution in [3.8, 4) is 5.75 Å². The van der Waals surface area contributed by atoms with Crippen LogP contribution in [0.3, 0.4) is 0 Å². The van der Waals surface area contributed by atoms with E-state index in [2.05, 4.69) is 28.7 Å². The van der Waals surface area contributed by atoms with Crippen molar-refractivity contribution >= 4 is 28.7 Å². The van der Waals surface area contributed by atoms with E-state index in [4.69, 9.17) is 4.74 Å². The van der Waals surface area contributed by atoms with Crippen LogP contribution in [0.15, 0.2) is 23.4 Å². The van der Waals surface area contributed by atoms with Gasteiger partial charge in [-0.1, -0.05) is 11.8 Å². The molecule has 136 valence electrons. The van der Waals surface area contributed by atoms with E-state index < -0.39 is 0 Å². The summed E-state index contributed by atoms with van der Waals surface area (Å²) >= 11 is 1.50. The fourth-order valence-corrected chi connectivity index (χ4v) is 4.44. The first-order chi connectivity index (χ1) is 12.0. The van der Waals surface area contributed by atoms with Gasteiger partial charge in [0, 0.05) is 18.2 Å². The van der Waals surface area contributed by atoms with Gasteiger partial charge in [0.1, 0.15) is 5.75 Å². The highest BCUT2D eigenvalue weighted by Crippen LogP contribution is 2.30. The molecule has 0 spiro atoms. The number of fused-ring (bicyclic) bond motifs is 1. The highest BCUT2D eigenvalue weighted by molar-refractivity contribution is 8.00. The Morgan fingerprint density at radius 1 is 1.40 bits per heavy atom. The second-order valence-corrected chi connectivity index (χ2v) is 8.12. The first-order valence-corrected chi connectivity index (χ1v) is 9.99. The van der Waals surface area contributed by atoms with Gasteiger partial charge in [-0.15, -0.1) is 0 Å². The molecule has 1 aliphatic heterocycles. The number of nitrogens with one attached hydrogen (secondary N) is 1. The number of carbonyl (C=O) groups is 1. The van der Waals surface area contributed by atoms with Gasteiger partial charge in [0.05, 0.1) is 22.9 Å². The van der Waals surface area contributed by atoms with Crippen molar-refractivity contribution < 1.29 is 9.53 Å². The Morgan fingerprint density at radius 3 is 2.80 bits per heavy atom. The highest BCUT2D eigenvalue weighted by atomic mass is 32.2. The smallest absolute Gasteiger partial charge is 0.236 e. The van der Waals surface area contributed by atoms with Crippen molar-refractivity contribution in [2.45, 2.75) is 69.4 Å². The number of aromatic amines is 1. The molecule has 1 aliphatic rings. The van der Waals surface area contributed by atoms with E-state index in [9.17, 15) is 4.79 Å². The number of imidazole rings is 1. The third-order valence-corrected chi connectivity index (χ3v) is 5.80. The number of H-pyrrole nitrogens is 1. The van der Waals surface area contributed by atoms with Gasteiger partial charge in [-0.05, 0) is 59.1 Å². The lowest BCUT2D eigenvalue weighted by Gasteiger charge is -2.40. The van der Waals surface area contributed by atoms with Crippen molar-refractivity contribution in [1.29, 1.82) is 0 Å². The number of nitrogens with zero attached hydrogens (tertiary/aromatic N) is 2. The van der Waals surface area contributed by atoms with Gasteiger partial charge in [0.25, 0.3) is 0 Å². The Hall–Kier alpha value is -1.69. The predicted molar refractivity (Wildman–Crippen MR) is 102 cm³/mol. The van der Waals surface area contributed by atoms with E-state index >= 15 is 0 Å². The molecule has 3 unspecified atom stereocenters. The Balaban J connectivity index is 1.72. The molecule has 0 radical (unpaired) electrons. The Morgan fingerprint density at radius 2 is 2.12 bits per heavy atom. The number of likely N-dealkylation sites (tertiary alicyclic amines) is 1. The third-order valence-electron chi connectivity index (χ3n) is 4.83. The predicted octanol–water partition coefficient (Wildman–Crippen LogP) is 4.23. The summed E-state index contributed by atoms with van der Waals surface area (Å²) in [7, 11) is 0. The summed E-state index contributed by atoms with van der Waals surface area (Å²) in [5.74, 6) is 1.04. The molecule has 5 nitrogen and oxygen atoms in total. The van der Waals surface area contributed by atoms with Gasteiger partial charge in [0.2, 0.25) is 5.91 Å². The molecule has 1 amide bonds. The number of amides is 1. The molecular weight excluding hydrogens is 334 g/mol. The average Bonchev–Trinajstić information content (AvgIpc) is 2.96. The van der Waals surface area contributed by atoms with Crippen molar-refractivity contribution in [2.24, 2.45) is 0 Å². The molecule has 1 fully saturated rings. The molecule has 0 aliphatic carbocycles. The maximum atomic E-state index is 12.9. The molecule has 1 N–H and O–H groups in total. The number of piperidine rings is 1. The third kappa shape index (κ3) is 3.94. The van der Waals surface area contributed by atoms with Crippen LogP contribution in [-0.2, 0) is 4.79 Å². The molecule has 1 aromatic carbocycles. The first kappa shape index (κ1) is 18.1. The molecule has 3 rings (SSSR count). The van der Waals surface area contributed by atoms with E-state index in [1.54, 1.807) is 0 Å². The zero-order valence-electron chi connectivity index (χ0n) is 15.4. The molecule has 2 aromatic rings. The van der Waals surface area contributed by atoms with Gasteiger partial charge in [-0.25, -0.2) is 4.98 Å². The highest BCUT2D eigenvalue weighted by Gasteiger charge is 2.32. The molecular formula is C19H27N3O2S. The molecule has 25 heavy (non-hydrogen) atoms. The monoisotopic (exact) mass is 361 g/mol. The van der Waals surface area contributed by atoms with E-state index in [0.29, 0.717) is 18.7 Å². The lowest BCUT2D eigenvalue weighted by Crippen LogP contribution is -2.50. The minimum atomic E-state index is -0.157. The van der Waals surface area contributed by atoms with Crippen molar-refractivity contribution in [3.63, 3.8) is 0 Å². The lowest BCUT2D eigenvalue weighted by atomic mass is 9.97. The zero-order valence-corrected chi connectivity index (χ0v) is 16.2. The van der Waals surface area contributed by atoms with E-state index in [0.717, 1.165) is 34.8 Å². The molecule has 0 saturated carbocycles. The quantitative estimate of drug-likeness (QED) is 0.810. The fourth-order valence-electron chi connectivity index (χ4n) is 3.56. The number of benzene rings is 1. The van der Waals surface area contributed by atoms with Gasteiger partial charge < -0.3 is 14.6 Å². The van der Waals surface area contributed by atoms with E-state index in [-0.39, 0.29) is 11.2 Å². The van der Waals surface area contributed by atoms with Crippen molar-refractivity contribution in [3.05, 3.63) is 18.2 Å². The maximum Gasteiger partial charge on any atom is 0.236 e. The van der Waals surface area contributed by atoms with Crippen LogP contribution in [0, 0.1) is 0 Å². The summed E-state index contributed by atoms with van der Waals surface area (Å²) < 4.78 is 5.53. The normalized spacial score (nSPS) is 22.2. The second-order valence-electron chi connectivity index (χ2n) is 6.79. The van der Waals surface area contributed by atoms with Crippen LogP contribution in [0.2, 0.25) is 0 Å². The molecule has 0 bridgehead atoms. The van der Waals surface area contributed by atoms with Crippen LogP contribution in [-0.4, -0.2) is 44.7 Å². The Bertz CT molecular complexity index is 735. The summed E-state index contributed by atoms with van der Waals surface area (Å²) in [6.07, 6.45) is 3.40. The number of thioether (sulfide) groups is 1. The largest absolute Gasteiger partial charge is 0.494 e. The molecule has 2 heterocycles. The Labute approximate surface area is 153 Å². The summed E-state index contributed by atoms with van der Waals surface area (Å²) in [6.45, 7) is 8.88. The van der Waals surface area contributed by atoms with Gasteiger partial charge in [-0.3, -0.25) is 4.79 Å². The minimum absolute atomic E-state index is 0.157. The lowest BCUT2D eigenvalue weighted by molar-refractivity contribution is -0.136. The standard InChI is InChI=1S/C19H27N3O2S/c1-5-24-15-9-10-16-17(11-15)21-19(20-16)25-14(4)18(23)22-12(2)7-6-8-13(22)3/h9-14H,5-8H2,1-4H3,(H,20,21). The first-order valence-electron chi connectivity index (χ1n) is 9.11. The summed E-state index contributed by atoms with van der Waals surface area (Å²) in [6, 6.07) is 6.47. The fraction of sp³-hybridized carbons (Fsp3) is 0.579. The summed E-state index contributed by atoms with van der Waals surface area (Å²) in [5.41, 5.74) is 1.83. The molecule has 6 heteroatoms. The number of rotatable bonds is 5. The van der Waals surface area contributed by atoms with Crippen LogP contribution in [0.4, 0.5) is 0 Å². The van der Waals surface area contributed by atoms with E-state index in [1.165, 1.54) is 18.2 Å². The number of ether oxygens (including phenoxy) is 1. The van der Waals surface area contributed by atoms with Gasteiger partial charge >= 0.3 is 0 Å². The number of hydrogen-bond donors (Lipinski definition) is 1. The number of hydrogen-bond acceptors (Lipinski definition) is 4. The Kier molecular flexibility index (Phi) is 5.57. The zero-order chi connectivity index (χ0) is 18.0. The van der Waals surface area contributed by atoms with Crippen LogP contribution in [0.25, 0.3) is 11.0 Å². The summed E-state index contributed by atoms with van der Waals surface area (Å²) in [5, 5.41) is 0.622.